The van der Waals surface area contributed by atoms with Crippen LogP contribution in [0, 0.1) is 0 Å². The molecule has 0 unspecified atom stereocenters. The molecule has 2 heterocycles. The SMILES string of the molecule is Cl.NC1(c2noc(-c3ccccc3CSc3nc4ccccc4[nH]3)n2)CCC1. The monoisotopic (exact) mass is 413 g/mol. The molecule has 144 valence electrons. The van der Waals surface area contributed by atoms with Crippen molar-refractivity contribution >= 4 is 35.2 Å². The highest BCUT2D eigenvalue weighted by molar-refractivity contribution is 7.98. The molecule has 1 aliphatic carbocycles. The zero-order chi connectivity index (χ0) is 18.3. The van der Waals surface area contributed by atoms with Crippen LogP contribution in [-0.4, -0.2) is 20.1 Å². The minimum atomic E-state index is -0.417. The Hall–Kier alpha value is -2.35. The van der Waals surface area contributed by atoms with E-state index in [4.69, 9.17) is 10.3 Å². The van der Waals surface area contributed by atoms with E-state index >= 15 is 0 Å². The summed E-state index contributed by atoms with van der Waals surface area (Å²) >= 11 is 1.65. The zero-order valence-corrected chi connectivity index (χ0v) is 16.7. The maximum absolute atomic E-state index is 6.32. The molecule has 1 fully saturated rings. The molecule has 2 aromatic heterocycles. The fourth-order valence-corrected chi connectivity index (χ4v) is 4.20. The summed E-state index contributed by atoms with van der Waals surface area (Å²) in [7, 11) is 0. The number of nitrogens with two attached hydrogens (primary N) is 1. The van der Waals surface area contributed by atoms with Gasteiger partial charge in [-0.05, 0) is 43.0 Å². The molecule has 0 aliphatic heterocycles. The number of hydrogen-bond acceptors (Lipinski definition) is 6. The van der Waals surface area contributed by atoms with Gasteiger partial charge in [0.2, 0.25) is 0 Å². The number of benzene rings is 2. The highest BCUT2D eigenvalue weighted by Gasteiger charge is 2.39. The summed E-state index contributed by atoms with van der Waals surface area (Å²) < 4.78 is 5.54. The van der Waals surface area contributed by atoms with Gasteiger partial charge in [-0.2, -0.15) is 4.98 Å². The predicted octanol–water partition coefficient (Wildman–Crippen LogP) is 4.66. The summed E-state index contributed by atoms with van der Waals surface area (Å²) in [5.41, 5.74) is 10.00. The fourth-order valence-electron chi connectivity index (χ4n) is 3.32. The first-order valence-corrected chi connectivity index (χ1v) is 9.99. The van der Waals surface area contributed by atoms with Gasteiger partial charge in [-0.15, -0.1) is 12.4 Å². The quantitative estimate of drug-likeness (QED) is 0.462. The Bertz CT molecular complexity index is 1070. The lowest BCUT2D eigenvalue weighted by atomic mass is 9.77. The summed E-state index contributed by atoms with van der Waals surface area (Å²) in [5, 5.41) is 5.03. The topological polar surface area (TPSA) is 93.6 Å². The van der Waals surface area contributed by atoms with Gasteiger partial charge in [0.25, 0.3) is 5.89 Å². The smallest absolute Gasteiger partial charge is 0.258 e. The number of nitrogens with zero attached hydrogens (tertiary/aromatic N) is 3. The van der Waals surface area contributed by atoms with Crippen molar-refractivity contribution < 1.29 is 4.52 Å². The van der Waals surface area contributed by atoms with Gasteiger partial charge in [0.1, 0.15) is 0 Å². The molecule has 0 atom stereocenters. The van der Waals surface area contributed by atoms with Crippen molar-refractivity contribution in [1.82, 2.24) is 20.1 Å². The van der Waals surface area contributed by atoms with Crippen LogP contribution < -0.4 is 5.73 Å². The second kappa shape index (κ2) is 7.58. The van der Waals surface area contributed by atoms with Gasteiger partial charge >= 0.3 is 0 Å². The van der Waals surface area contributed by atoms with Crippen LogP contribution in [0.2, 0.25) is 0 Å². The minimum absolute atomic E-state index is 0. The van der Waals surface area contributed by atoms with Crippen molar-refractivity contribution in [3.8, 4) is 11.5 Å². The molecule has 0 bridgehead atoms. The Balaban J connectivity index is 0.00000192. The number of hydrogen-bond donors (Lipinski definition) is 2. The van der Waals surface area contributed by atoms with E-state index in [2.05, 4.69) is 26.2 Å². The lowest BCUT2D eigenvalue weighted by molar-refractivity contribution is 0.229. The highest BCUT2D eigenvalue weighted by atomic mass is 35.5. The van der Waals surface area contributed by atoms with Gasteiger partial charge < -0.3 is 15.2 Å². The van der Waals surface area contributed by atoms with Crippen LogP contribution in [-0.2, 0) is 11.3 Å². The molecular weight excluding hydrogens is 394 g/mol. The van der Waals surface area contributed by atoms with Gasteiger partial charge in [-0.1, -0.05) is 47.3 Å². The highest BCUT2D eigenvalue weighted by Crippen LogP contribution is 2.38. The van der Waals surface area contributed by atoms with E-state index in [0.29, 0.717) is 11.7 Å². The van der Waals surface area contributed by atoms with Crippen molar-refractivity contribution in [2.75, 3.05) is 0 Å². The maximum atomic E-state index is 6.32. The number of halogens is 1. The molecule has 1 aliphatic rings. The van der Waals surface area contributed by atoms with E-state index in [0.717, 1.165) is 52.3 Å². The zero-order valence-electron chi connectivity index (χ0n) is 15.1. The molecule has 2 aromatic carbocycles. The molecule has 0 spiro atoms. The number of aromatic nitrogens is 4. The Morgan fingerprint density at radius 1 is 1.07 bits per heavy atom. The molecule has 0 saturated heterocycles. The van der Waals surface area contributed by atoms with Crippen LogP contribution in [0.3, 0.4) is 0 Å². The van der Waals surface area contributed by atoms with Crippen molar-refractivity contribution in [2.24, 2.45) is 5.73 Å². The van der Waals surface area contributed by atoms with Gasteiger partial charge in [0.05, 0.1) is 16.6 Å². The van der Waals surface area contributed by atoms with Gasteiger partial charge in [0.15, 0.2) is 11.0 Å². The van der Waals surface area contributed by atoms with E-state index < -0.39 is 5.54 Å². The number of fused-ring (bicyclic) bond motifs is 1. The molecule has 0 radical (unpaired) electrons. The first kappa shape index (κ1) is 19.0. The maximum Gasteiger partial charge on any atom is 0.258 e. The third-order valence-corrected chi connectivity index (χ3v) is 6.02. The van der Waals surface area contributed by atoms with Crippen LogP contribution in [0.25, 0.3) is 22.5 Å². The van der Waals surface area contributed by atoms with Crippen LogP contribution in [0.4, 0.5) is 0 Å². The molecule has 6 nitrogen and oxygen atoms in total. The summed E-state index contributed by atoms with van der Waals surface area (Å²) in [6, 6.07) is 16.1. The van der Waals surface area contributed by atoms with E-state index in [9.17, 15) is 0 Å². The largest absolute Gasteiger partial charge is 0.334 e. The second-order valence-electron chi connectivity index (χ2n) is 6.94. The number of para-hydroxylation sites is 2. The van der Waals surface area contributed by atoms with E-state index in [1.807, 2.05) is 42.5 Å². The van der Waals surface area contributed by atoms with Gasteiger partial charge in [-0.25, -0.2) is 4.98 Å². The third-order valence-electron chi connectivity index (χ3n) is 5.10. The van der Waals surface area contributed by atoms with Gasteiger partial charge in [-0.3, -0.25) is 0 Å². The number of imidazole rings is 1. The van der Waals surface area contributed by atoms with Crippen LogP contribution in [0.15, 0.2) is 58.2 Å². The molecule has 8 heteroatoms. The molecule has 28 heavy (non-hydrogen) atoms. The predicted molar refractivity (Wildman–Crippen MR) is 112 cm³/mol. The lowest BCUT2D eigenvalue weighted by Gasteiger charge is -2.34. The summed E-state index contributed by atoms with van der Waals surface area (Å²) in [5.74, 6) is 1.90. The molecule has 0 amide bonds. The van der Waals surface area contributed by atoms with Crippen LogP contribution >= 0.6 is 24.2 Å². The Kier molecular flexibility index (Phi) is 5.14. The second-order valence-corrected chi connectivity index (χ2v) is 7.90. The third kappa shape index (κ3) is 3.41. The molecule has 1 saturated carbocycles. The van der Waals surface area contributed by atoms with E-state index in [1.165, 1.54) is 0 Å². The molecular formula is C20H20ClN5OS. The lowest BCUT2D eigenvalue weighted by Crippen LogP contribution is -2.44. The summed E-state index contributed by atoms with van der Waals surface area (Å²) in [6.45, 7) is 0. The number of H-pyrrole nitrogens is 1. The van der Waals surface area contributed by atoms with Crippen LogP contribution in [0.5, 0.6) is 0 Å². The standard InChI is InChI=1S/C20H19N5OS.ClH/c21-20(10-5-11-20)18-24-17(26-25-18)14-7-2-1-6-13(14)12-27-19-22-15-8-3-4-9-16(15)23-19;/h1-4,6-9H,5,10-12,21H2,(H,22,23);1H. The number of nitrogens with one attached hydrogen (secondary N) is 1. The van der Waals surface area contributed by atoms with Crippen LogP contribution in [0.1, 0.15) is 30.7 Å². The average Bonchev–Trinajstić information content (AvgIpc) is 3.31. The number of thioether (sulfide) groups is 1. The molecule has 4 aromatic rings. The number of aromatic amines is 1. The fraction of sp³-hybridized carbons (Fsp3) is 0.250. The average molecular weight is 414 g/mol. The van der Waals surface area contributed by atoms with Crippen molar-refractivity contribution in [1.29, 1.82) is 0 Å². The van der Waals surface area contributed by atoms with Crippen molar-refractivity contribution in [3.63, 3.8) is 0 Å². The Morgan fingerprint density at radius 2 is 1.86 bits per heavy atom. The number of rotatable bonds is 5. The van der Waals surface area contributed by atoms with Crippen molar-refractivity contribution in [2.45, 2.75) is 35.7 Å². The molecule has 5 rings (SSSR count). The normalized spacial score (nSPS) is 15.2. The molecule has 3 N–H and O–H groups in total. The Labute approximate surface area is 172 Å². The van der Waals surface area contributed by atoms with E-state index in [-0.39, 0.29) is 12.4 Å². The summed E-state index contributed by atoms with van der Waals surface area (Å²) in [6.07, 6.45) is 2.94. The minimum Gasteiger partial charge on any atom is -0.334 e. The Morgan fingerprint density at radius 3 is 2.64 bits per heavy atom. The first-order valence-electron chi connectivity index (χ1n) is 9.00. The van der Waals surface area contributed by atoms with Crippen molar-refractivity contribution in [3.05, 3.63) is 59.9 Å². The first-order chi connectivity index (χ1) is 13.2. The van der Waals surface area contributed by atoms with E-state index in [1.54, 1.807) is 11.8 Å². The van der Waals surface area contributed by atoms with Gasteiger partial charge in [0, 0.05) is 11.3 Å². The summed E-state index contributed by atoms with van der Waals surface area (Å²) in [4.78, 5) is 12.6.